The van der Waals surface area contributed by atoms with Crippen LogP contribution in [-0.2, 0) is 4.79 Å². The molecule has 0 saturated carbocycles. The molecule has 1 N–H and O–H groups in total. The molecule has 19 heavy (non-hydrogen) atoms. The number of hydrogen-bond donors (Lipinski definition) is 1. The smallest absolute Gasteiger partial charge is 0.246 e. The number of nitrogens with zero attached hydrogens (tertiary/aromatic N) is 1. The number of hydrogen-bond acceptors (Lipinski definition) is 2. The Morgan fingerprint density at radius 2 is 1.84 bits per heavy atom. The molecule has 1 aliphatic rings. The molecule has 0 aliphatic carbocycles. The van der Waals surface area contributed by atoms with Gasteiger partial charge in [0.05, 0.1) is 16.4 Å². The Morgan fingerprint density at radius 3 is 2.63 bits per heavy atom. The molecule has 3 nitrogen and oxygen atoms in total. The van der Waals surface area contributed by atoms with Crippen molar-refractivity contribution in [2.75, 3.05) is 11.9 Å². The summed E-state index contributed by atoms with van der Waals surface area (Å²) in [5.74, 6) is -0.153. The van der Waals surface area contributed by atoms with Crippen molar-refractivity contribution in [1.29, 1.82) is 0 Å². The highest BCUT2D eigenvalue weighted by Gasteiger charge is 2.19. The number of anilines is 1. The lowest BCUT2D eigenvalue weighted by Gasteiger charge is -2.11. The highest BCUT2D eigenvalue weighted by Crippen LogP contribution is 2.29. The van der Waals surface area contributed by atoms with E-state index in [1.165, 1.54) is 0 Å². The van der Waals surface area contributed by atoms with Gasteiger partial charge in [-0.1, -0.05) is 54.1 Å². The molecule has 94 valence electrons. The number of carbonyl (C=O) groups is 1. The Labute approximate surface area is 115 Å². The molecule has 0 saturated heterocycles. The SMILES string of the molecule is O=C1CN=C(c2ccccc2)c2cccc(Cl)c2N1. The number of fused-ring (bicyclic) bond motifs is 1. The fraction of sp³-hybridized carbons (Fsp3) is 0.0667. The van der Waals surface area contributed by atoms with Crippen LogP contribution < -0.4 is 5.32 Å². The Balaban J connectivity index is 2.21. The van der Waals surface area contributed by atoms with Crippen molar-refractivity contribution in [3.63, 3.8) is 0 Å². The van der Waals surface area contributed by atoms with E-state index in [1.54, 1.807) is 6.07 Å². The monoisotopic (exact) mass is 270 g/mol. The molecule has 0 fully saturated rings. The Morgan fingerprint density at radius 1 is 1.05 bits per heavy atom. The fourth-order valence-electron chi connectivity index (χ4n) is 2.11. The van der Waals surface area contributed by atoms with Gasteiger partial charge in [0.2, 0.25) is 5.91 Å². The number of amides is 1. The lowest BCUT2D eigenvalue weighted by Crippen LogP contribution is -2.13. The van der Waals surface area contributed by atoms with Gasteiger partial charge in [0, 0.05) is 11.1 Å². The van der Waals surface area contributed by atoms with Gasteiger partial charge >= 0.3 is 0 Å². The van der Waals surface area contributed by atoms with Gasteiger partial charge in [-0.15, -0.1) is 0 Å². The topological polar surface area (TPSA) is 41.5 Å². The first-order valence-electron chi connectivity index (χ1n) is 5.94. The van der Waals surface area contributed by atoms with Gasteiger partial charge in [0.15, 0.2) is 0 Å². The second-order valence-corrected chi connectivity index (χ2v) is 4.65. The van der Waals surface area contributed by atoms with Crippen molar-refractivity contribution >= 4 is 28.9 Å². The summed E-state index contributed by atoms with van der Waals surface area (Å²) in [5.41, 5.74) is 3.25. The number of para-hydroxylation sites is 1. The first-order chi connectivity index (χ1) is 9.25. The van der Waals surface area contributed by atoms with Crippen molar-refractivity contribution in [3.8, 4) is 0 Å². The summed E-state index contributed by atoms with van der Waals surface area (Å²) in [5, 5.41) is 3.33. The number of rotatable bonds is 1. The Bertz CT molecular complexity index is 665. The zero-order chi connectivity index (χ0) is 13.2. The van der Waals surface area contributed by atoms with E-state index < -0.39 is 0 Å². The van der Waals surface area contributed by atoms with Crippen LogP contribution >= 0.6 is 11.6 Å². The summed E-state index contributed by atoms with van der Waals surface area (Å²) in [4.78, 5) is 16.1. The molecule has 0 spiro atoms. The number of benzene rings is 2. The van der Waals surface area contributed by atoms with Crippen LogP contribution in [0.15, 0.2) is 53.5 Å². The average molecular weight is 271 g/mol. The largest absolute Gasteiger partial charge is 0.323 e. The van der Waals surface area contributed by atoms with Crippen LogP contribution in [0.5, 0.6) is 0 Å². The van der Waals surface area contributed by atoms with E-state index in [1.807, 2.05) is 42.5 Å². The predicted molar refractivity (Wildman–Crippen MR) is 77.0 cm³/mol. The number of nitrogens with one attached hydrogen (secondary N) is 1. The van der Waals surface area contributed by atoms with E-state index >= 15 is 0 Å². The number of halogens is 1. The van der Waals surface area contributed by atoms with Gasteiger partial charge in [-0.3, -0.25) is 9.79 Å². The lowest BCUT2D eigenvalue weighted by atomic mass is 10.0. The molecule has 0 bridgehead atoms. The lowest BCUT2D eigenvalue weighted by molar-refractivity contribution is -0.114. The van der Waals surface area contributed by atoms with Crippen molar-refractivity contribution in [2.24, 2.45) is 4.99 Å². The third kappa shape index (κ3) is 2.25. The Hall–Kier alpha value is -2.13. The molecule has 0 radical (unpaired) electrons. The minimum atomic E-state index is -0.153. The van der Waals surface area contributed by atoms with E-state index in [2.05, 4.69) is 10.3 Å². The second kappa shape index (κ2) is 4.86. The predicted octanol–water partition coefficient (Wildman–Crippen LogP) is 3.13. The highest BCUT2D eigenvalue weighted by molar-refractivity contribution is 6.35. The maximum atomic E-state index is 11.7. The maximum absolute atomic E-state index is 11.7. The van der Waals surface area contributed by atoms with Gasteiger partial charge < -0.3 is 5.32 Å². The van der Waals surface area contributed by atoms with Crippen molar-refractivity contribution < 1.29 is 4.79 Å². The molecule has 4 heteroatoms. The zero-order valence-electron chi connectivity index (χ0n) is 10.1. The third-order valence-electron chi connectivity index (χ3n) is 2.96. The van der Waals surface area contributed by atoms with Crippen LogP contribution in [-0.4, -0.2) is 18.2 Å². The summed E-state index contributed by atoms with van der Waals surface area (Å²) in [6.07, 6.45) is 0. The van der Waals surface area contributed by atoms with E-state index in [9.17, 15) is 4.79 Å². The molecule has 1 heterocycles. The molecule has 2 aromatic carbocycles. The molecule has 3 rings (SSSR count). The summed E-state index contributed by atoms with van der Waals surface area (Å²) in [7, 11) is 0. The third-order valence-corrected chi connectivity index (χ3v) is 3.28. The summed E-state index contributed by atoms with van der Waals surface area (Å²) in [6.45, 7) is 0.106. The first-order valence-corrected chi connectivity index (χ1v) is 6.32. The Kier molecular flexibility index (Phi) is 3.05. The summed E-state index contributed by atoms with van der Waals surface area (Å²) < 4.78 is 0. The van der Waals surface area contributed by atoms with E-state index in [4.69, 9.17) is 11.6 Å². The van der Waals surface area contributed by atoms with Gasteiger partial charge in [-0.05, 0) is 6.07 Å². The average Bonchev–Trinajstić information content (AvgIpc) is 2.60. The van der Waals surface area contributed by atoms with Crippen LogP contribution in [0.4, 0.5) is 5.69 Å². The highest BCUT2D eigenvalue weighted by atomic mass is 35.5. The number of aliphatic imine (C=N–C) groups is 1. The molecular weight excluding hydrogens is 260 g/mol. The second-order valence-electron chi connectivity index (χ2n) is 4.24. The van der Waals surface area contributed by atoms with E-state index in [0.29, 0.717) is 10.7 Å². The van der Waals surface area contributed by atoms with E-state index in [-0.39, 0.29) is 12.5 Å². The molecule has 1 amide bonds. The van der Waals surface area contributed by atoms with E-state index in [0.717, 1.165) is 16.8 Å². The van der Waals surface area contributed by atoms with Crippen LogP contribution in [0.1, 0.15) is 11.1 Å². The minimum absolute atomic E-state index is 0.106. The van der Waals surface area contributed by atoms with Gasteiger partial charge in [-0.2, -0.15) is 0 Å². The first kappa shape index (κ1) is 11.9. The normalized spacial score (nSPS) is 14.2. The summed E-state index contributed by atoms with van der Waals surface area (Å²) >= 11 is 6.16. The fourth-order valence-corrected chi connectivity index (χ4v) is 2.33. The van der Waals surface area contributed by atoms with Crippen molar-refractivity contribution in [2.45, 2.75) is 0 Å². The van der Waals surface area contributed by atoms with Crippen LogP contribution in [0.2, 0.25) is 5.02 Å². The van der Waals surface area contributed by atoms with Crippen LogP contribution in [0.3, 0.4) is 0 Å². The number of benzodiazepines with no additional fused rings is 1. The molecule has 1 aliphatic heterocycles. The molecule has 0 aromatic heterocycles. The molecule has 0 unspecified atom stereocenters. The molecule has 2 aromatic rings. The van der Waals surface area contributed by atoms with Gasteiger partial charge in [-0.25, -0.2) is 0 Å². The standard InChI is InChI=1S/C15H11ClN2O/c16-12-8-4-7-11-14(10-5-2-1-3-6-10)17-9-13(19)18-15(11)12/h1-8H,9H2,(H,18,19). The maximum Gasteiger partial charge on any atom is 0.246 e. The van der Waals surface area contributed by atoms with Gasteiger partial charge in [0.1, 0.15) is 6.54 Å². The van der Waals surface area contributed by atoms with Crippen molar-refractivity contribution in [3.05, 3.63) is 64.7 Å². The van der Waals surface area contributed by atoms with Gasteiger partial charge in [0.25, 0.3) is 0 Å². The van der Waals surface area contributed by atoms with Crippen LogP contribution in [0.25, 0.3) is 0 Å². The molecule has 0 atom stereocenters. The number of carbonyl (C=O) groups excluding carboxylic acids is 1. The zero-order valence-corrected chi connectivity index (χ0v) is 10.8. The molecular formula is C15H11ClN2O. The van der Waals surface area contributed by atoms with Crippen molar-refractivity contribution in [1.82, 2.24) is 0 Å². The quantitative estimate of drug-likeness (QED) is 0.850. The minimum Gasteiger partial charge on any atom is -0.323 e. The van der Waals surface area contributed by atoms with Crippen LogP contribution in [0, 0.1) is 0 Å². The summed E-state index contributed by atoms with van der Waals surface area (Å²) in [6, 6.07) is 15.3.